The molecule has 1 amide bonds. The van der Waals surface area contributed by atoms with E-state index >= 15 is 0 Å². The first-order valence-electron chi connectivity index (χ1n) is 5.82. The Balaban J connectivity index is 2.51. The molecule has 1 aromatic carbocycles. The van der Waals surface area contributed by atoms with E-state index in [-0.39, 0.29) is 5.91 Å². The molecule has 0 saturated heterocycles. The minimum Gasteiger partial charge on any atom is -0.370 e. The summed E-state index contributed by atoms with van der Waals surface area (Å²) in [6.07, 6.45) is 0.984. The van der Waals surface area contributed by atoms with Gasteiger partial charge >= 0.3 is 0 Å². The molecule has 3 nitrogen and oxygen atoms in total. The largest absolute Gasteiger partial charge is 0.370 e. The highest BCUT2D eigenvalue weighted by atomic mass is 35.5. The number of halogens is 1. The van der Waals surface area contributed by atoms with Gasteiger partial charge in [-0.3, -0.25) is 9.78 Å². The van der Waals surface area contributed by atoms with E-state index in [2.05, 4.69) is 4.98 Å². The minimum absolute atomic E-state index is 0.291. The van der Waals surface area contributed by atoms with E-state index in [1.807, 2.05) is 32.0 Å². The van der Waals surface area contributed by atoms with Gasteiger partial charge in [-0.15, -0.1) is 0 Å². The van der Waals surface area contributed by atoms with Gasteiger partial charge in [-0.2, -0.15) is 0 Å². The molecule has 4 heteroatoms. The molecular formula is C14H15ClN2O. The number of amides is 1. The first-order chi connectivity index (χ1) is 8.47. The summed E-state index contributed by atoms with van der Waals surface area (Å²) in [6.45, 7) is 3.92. The van der Waals surface area contributed by atoms with Crippen LogP contribution in [-0.4, -0.2) is 10.9 Å². The SMILES string of the molecule is Cc1cc(Cl)c2cc(CCC(N)=O)cc(C)c2n1. The number of nitrogens with zero attached hydrogens (tertiary/aromatic N) is 1. The van der Waals surface area contributed by atoms with E-state index < -0.39 is 0 Å². The van der Waals surface area contributed by atoms with Crippen LogP contribution in [0.2, 0.25) is 5.02 Å². The van der Waals surface area contributed by atoms with Crippen LogP contribution in [0.25, 0.3) is 10.9 Å². The Morgan fingerprint density at radius 3 is 2.72 bits per heavy atom. The second-order valence-corrected chi connectivity index (χ2v) is 4.93. The van der Waals surface area contributed by atoms with E-state index in [0.29, 0.717) is 17.9 Å². The van der Waals surface area contributed by atoms with Crippen LogP contribution in [0.4, 0.5) is 0 Å². The van der Waals surface area contributed by atoms with Crippen molar-refractivity contribution in [3.8, 4) is 0 Å². The second-order valence-electron chi connectivity index (χ2n) is 4.52. The highest BCUT2D eigenvalue weighted by Gasteiger charge is 2.07. The molecule has 0 aliphatic rings. The van der Waals surface area contributed by atoms with Gasteiger partial charge in [-0.25, -0.2) is 0 Å². The molecule has 18 heavy (non-hydrogen) atoms. The summed E-state index contributed by atoms with van der Waals surface area (Å²) in [6, 6.07) is 5.87. The maximum absolute atomic E-state index is 10.8. The Bertz CT molecular complexity index is 623. The number of aryl methyl sites for hydroxylation is 3. The predicted molar refractivity (Wildman–Crippen MR) is 73.7 cm³/mol. The molecule has 1 aromatic heterocycles. The second kappa shape index (κ2) is 4.94. The van der Waals surface area contributed by atoms with Crippen molar-refractivity contribution < 1.29 is 4.79 Å². The van der Waals surface area contributed by atoms with Crippen LogP contribution in [-0.2, 0) is 11.2 Å². The Hall–Kier alpha value is -1.61. The summed E-state index contributed by atoms with van der Waals surface area (Å²) >= 11 is 6.24. The molecule has 0 aliphatic carbocycles. The molecular weight excluding hydrogens is 248 g/mol. The monoisotopic (exact) mass is 262 g/mol. The highest BCUT2D eigenvalue weighted by molar-refractivity contribution is 6.35. The number of carbonyl (C=O) groups is 1. The number of nitrogens with two attached hydrogens (primary N) is 1. The lowest BCUT2D eigenvalue weighted by atomic mass is 10.0. The van der Waals surface area contributed by atoms with Crippen molar-refractivity contribution >= 4 is 28.4 Å². The van der Waals surface area contributed by atoms with Gasteiger partial charge in [0.1, 0.15) is 0 Å². The number of carbonyl (C=O) groups excluding carboxylic acids is 1. The van der Waals surface area contributed by atoms with Gasteiger partial charge in [-0.05, 0) is 43.5 Å². The summed E-state index contributed by atoms with van der Waals surface area (Å²) in [7, 11) is 0. The molecule has 0 radical (unpaired) electrons. The van der Waals surface area contributed by atoms with Crippen LogP contribution in [0.3, 0.4) is 0 Å². The normalized spacial score (nSPS) is 10.8. The van der Waals surface area contributed by atoms with Gasteiger partial charge in [0.15, 0.2) is 0 Å². The molecule has 94 valence electrons. The van der Waals surface area contributed by atoms with Crippen molar-refractivity contribution in [3.63, 3.8) is 0 Å². The molecule has 0 fully saturated rings. The molecule has 0 aliphatic heterocycles. The number of rotatable bonds is 3. The van der Waals surface area contributed by atoms with Crippen LogP contribution in [0.5, 0.6) is 0 Å². The molecule has 2 rings (SSSR count). The summed E-state index contributed by atoms with van der Waals surface area (Å²) in [5.74, 6) is -0.291. The molecule has 2 N–H and O–H groups in total. The molecule has 0 bridgehead atoms. The van der Waals surface area contributed by atoms with Gasteiger partial charge in [0.25, 0.3) is 0 Å². The van der Waals surface area contributed by atoms with E-state index in [4.69, 9.17) is 17.3 Å². The third-order valence-corrected chi connectivity index (χ3v) is 3.21. The van der Waals surface area contributed by atoms with Crippen molar-refractivity contribution in [1.29, 1.82) is 0 Å². The number of hydrogen-bond donors (Lipinski definition) is 1. The molecule has 0 spiro atoms. The Labute approximate surface area is 111 Å². The Kier molecular flexibility index (Phi) is 3.53. The van der Waals surface area contributed by atoms with Crippen LogP contribution >= 0.6 is 11.6 Å². The third-order valence-electron chi connectivity index (χ3n) is 2.90. The average Bonchev–Trinajstić information content (AvgIpc) is 2.28. The third kappa shape index (κ3) is 2.62. The topological polar surface area (TPSA) is 56.0 Å². The van der Waals surface area contributed by atoms with Crippen molar-refractivity contribution in [3.05, 3.63) is 40.0 Å². The van der Waals surface area contributed by atoms with Crippen LogP contribution in [0.1, 0.15) is 23.2 Å². The van der Waals surface area contributed by atoms with Crippen molar-refractivity contribution in [2.45, 2.75) is 26.7 Å². The van der Waals surface area contributed by atoms with Gasteiger partial charge in [0, 0.05) is 17.5 Å². The first-order valence-corrected chi connectivity index (χ1v) is 6.20. The number of fused-ring (bicyclic) bond motifs is 1. The number of pyridine rings is 1. The van der Waals surface area contributed by atoms with Crippen LogP contribution in [0, 0.1) is 13.8 Å². The summed E-state index contributed by atoms with van der Waals surface area (Å²) in [4.78, 5) is 15.3. The molecule has 2 aromatic rings. The number of hydrogen-bond acceptors (Lipinski definition) is 2. The standard InChI is InChI=1S/C14H15ClN2O/c1-8-5-10(3-4-13(16)18)7-11-12(15)6-9(2)17-14(8)11/h5-7H,3-4H2,1-2H3,(H2,16,18). The zero-order valence-corrected chi connectivity index (χ0v) is 11.2. The van der Waals surface area contributed by atoms with Crippen LogP contribution in [0.15, 0.2) is 18.2 Å². The lowest BCUT2D eigenvalue weighted by Gasteiger charge is -2.08. The van der Waals surface area contributed by atoms with Gasteiger partial charge in [0.05, 0.1) is 10.5 Å². The minimum atomic E-state index is -0.291. The molecule has 0 atom stereocenters. The molecule has 1 heterocycles. The predicted octanol–water partition coefficient (Wildman–Crippen LogP) is 2.92. The number of aromatic nitrogens is 1. The van der Waals surface area contributed by atoms with Gasteiger partial charge < -0.3 is 5.73 Å². The zero-order valence-electron chi connectivity index (χ0n) is 10.5. The lowest BCUT2D eigenvalue weighted by Crippen LogP contribution is -2.11. The molecule has 0 unspecified atom stereocenters. The Morgan fingerprint density at radius 1 is 1.33 bits per heavy atom. The number of primary amides is 1. The van der Waals surface area contributed by atoms with Gasteiger partial charge in [0.2, 0.25) is 5.91 Å². The quantitative estimate of drug-likeness (QED) is 0.925. The summed E-state index contributed by atoms with van der Waals surface area (Å²) in [5.41, 5.74) is 9.11. The summed E-state index contributed by atoms with van der Waals surface area (Å²) < 4.78 is 0. The van der Waals surface area contributed by atoms with Gasteiger partial charge in [-0.1, -0.05) is 17.7 Å². The van der Waals surface area contributed by atoms with Crippen LogP contribution < -0.4 is 5.73 Å². The molecule has 0 saturated carbocycles. The fraction of sp³-hybridized carbons (Fsp3) is 0.286. The van der Waals surface area contributed by atoms with E-state index in [1.54, 1.807) is 0 Å². The fourth-order valence-corrected chi connectivity index (χ4v) is 2.37. The number of benzene rings is 1. The van der Waals surface area contributed by atoms with E-state index in [1.165, 1.54) is 0 Å². The smallest absolute Gasteiger partial charge is 0.217 e. The maximum atomic E-state index is 10.8. The fourth-order valence-electron chi connectivity index (χ4n) is 2.07. The first kappa shape index (κ1) is 12.8. The van der Waals surface area contributed by atoms with Crippen molar-refractivity contribution in [2.24, 2.45) is 5.73 Å². The lowest BCUT2D eigenvalue weighted by molar-refractivity contribution is -0.117. The van der Waals surface area contributed by atoms with E-state index in [0.717, 1.165) is 27.7 Å². The van der Waals surface area contributed by atoms with Crippen molar-refractivity contribution in [1.82, 2.24) is 4.98 Å². The maximum Gasteiger partial charge on any atom is 0.217 e. The zero-order chi connectivity index (χ0) is 13.3. The highest BCUT2D eigenvalue weighted by Crippen LogP contribution is 2.27. The average molecular weight is 263 g/mol. The van der Waals surface area contributed by atoms with E-state index in [9.17, 15) is 4.79 Å². The van der Waals surface area contributed by atoms with Crippen molar-refractivity contribution in [2.75, 3.05) is 0 Å². The summed E-state index contributed by atoms with van der Waals surface area (Å²) in [5, 5.41) is 1.63. The Morgan fingerprint density at radius 2 is 2.06 bits per heavy atom.